The Hall–Kier alpha value is -1.32. The highest BCUT2D eigenvalue weighted by atomic mass is 19.3. The minimum absolute atomic E-state index is 0.0701. The van der Waals surface area contributed by atoms with Crippen LogP contribution in [0.2, 0.25) is 0 Å². The number of likely N-dealkylation sites (tertiary alicyclic amines) is 1. The molecule has 1 atom stereocenters. The Morgan fingerprint density at radius 3 is 2.60 bits per heavy atom. The zero-order valence-corrected chi connectivity index (χ0v) is 7.59. The monoisotopic (exact) mass is 224 g/mol. The number of carbonyl (C=O) groups excluding carboxylic acids is 1. The molecule has 1 rings (SSSR count). The molecule has 1 heterocycles. The summed E-state index contributed by atoms with van der Waals surface area (Å²) in [5, 5.41) is 8.51. The van der Waals surface area contributed by atoms with Gasteiger partial charge in [0, 0.05) is 6.54 Å². The van der Waals surface area contributed by atoms with Crippen LogP contribution < -0.4 is 0 Å². The predicted molar refractivity (Wildman–Crippen MR) is 41.3 cm³/mol. The minimum Gasteiger partial charge on any atom is -0.321 e. The summed E-state index contributed by atoms with van der Waals surface area (Å²) in [6, 6.07) is 0.621. The Balaban J connectivity index is 2.81. The van der Waals surface area contributed by atoms with E-state index in [0.717, 1.165) is 0 Å². The third-order valence-corrected chi connectivity index (χ3v) is 2.22. The summed E-state index contributed by atoms with van der Waals surface area (Å²) in [6.45, 7) is -0.0701. The highest BCUT2D eigenvalue weighted by molar-refractivity contribution is 5.84. The van der Waals surface area contributed by atoms with Crippen LogP contribution in [-0.4, -0.2) is 35.7 Å². The molecule has 0 aromatic rings. The molecule has 0 bridgehead atoms. The van der Waals surface area contributed by atoms with Crippen molar-refractivity contribution in [3.63, 3.8) is 0 Å². The molecule has 1 amide bonds. The van der Waals surface area contributed by atoms with Crippen molar-refractivity contribution in [3.05, 3.63) is 0 Å². The average Bonchev–Trinajstić information content (AvgIpc) is 2.63. The Kier molecular flexibility index (Phi) is 3.17. The number of amides is 1. The third-order valence-electron chi connectivity index (χ3n) is 2.22. The van der Waals surface area contributed by atoms with Gasteiger partial charge < -0.3 is 4.90 Å². The number of halogens is 4. The minimum atomic E-state index is -4.69. The molecule has 7 heteroatoms. The van der Waals surface area contributed by atoms with Gasteiger partial charge in [0.1, 0.15) is 6.04 Å². The fraction of sp³-hybridized carbons (Fsp3) is 0.750. The first-order valence-corrected chi connectivity index (χ1v) is 4.28. The van der Waals surface area contributed by atoms with E-state index in [2.05, 4.69) is 0 Å². The molecule has 1 aliphatic heterocycles. The van der Waals surface area contributed by atoms with Crippen LogP contribution in [-0.2, 0) is 4.79 Å². The lowest BCUT2D eigenvalue weighted by atomic mass is 10.2. The molecule has 0 aromatic carbocycles. The van der Waals surface area contributed by atoms with Gasteiger partial charge in [-0.25, -0.2) is 8.78 Å². The van der Waals surface area contributed by atoms with E-state index in [0.29, 0.717) is 11.3 Å². The van der Waals surface area contributed by atoms with Crippen LogP contribution in [0.4, 0.5) is 17.6 Å². The van der Waals surface area contributed by atoms with Crippen molar-refractivity contribution in [3.8, 4) is 6.07 Å². The third kappa shape index (κ3) is 2.03. The molecule has 15 heavy (non-hydrogen) atoms. The highest BCUT2D eigenvalue weighted by Gasteiger charge is 2.53. The first-order valence-electron chi connectivity index (χ1n) is 4.28. The van der Waals surface area contributed by atoms with Gasteiger partial charge in [-0.3, -0.25) is 4.79 Å². The van der Waals surface area contributed by atoms with Crippen molar-refractivity contribution in [2.24, 2.45) is 0 Å². The molecular weight excluding hydrogens is 216 g/mol. The quantitative estimate of drug-likeness (QED) is 0.665. The highest BCUT2D eigenvalue weighted by Crippen LogP contribution is 2.29. The van der Waals surface area contributed by atoms with E-state index in [1.807, 2.05) is 0 Å². The van der Waals surface area contributed by atoms with Crippen molar-refractivity contribution < 1.29 is 22.4 Å². The molecule has 84 valence electrons. The predicted octanol–water partition coefficient (Wildman–Crippen LogP) is 1.40. The zero-order chi connectivity index (χ0) is 11.6. The van der Waals surface area contributed by atoms with Gasteiger partial charge in [-0.15, -0.1) is 0 Å². The maximum Gasteiger partial charge on any atom is 0.383 e. The van der Waals surface area contributed by atoms with Crippen molar-refractivity contribution in [2.75, 3.05) is 6.54 Å². The number of nitriles is 1. The van der Waals surface area contributed by atoms with E-state index in [1.54, 1.807) is 6.07 Å². The first kappa shape index (κ1) is 11.8. The van der Waals surface area contributed by atoms with Gasteiger partial charge in [0.05, 0.1) is 6.07 Å². The first-order chi connectivity index (χ1) is 6.91. The number of carbonyl (C=O) groups is 1. The molecule has 0 aliphatic carbocycles. The summed E-state index contributed by atoms with van der Waals surface area (Å²) in [5.74, 6) is -6.65. The molecule has 1 unspecified atom stereocenters. The van der Waals surface area contributed by atoms with E-state index in [4.69, 9.17) is 5.26 Å². The van der Waals surface area contributed by atoms with E-state index < -0.39 is 24.3 Å². The lowest BCUT2D eigenvalue weighted by molar-refractivity contribution is -0.180. The van der Waals surface area contributed by atoms with E-state index in [1.165, 1.54) is 0 Å². The fourth-order valence-electron chi connectivity index (χ4n) is 1.43. The molecule has 3 nitrogen and oxygen atoms in total. The molecule has 1 saturated heterocycles. The molecule has 0 spiro atoms. The number of alkyl halides is 4. The van der Waals surface area contributed by atoms with E-state index >= 15 is 0 Å². The topological polar surface area (TPSA) is 44.1 Å². The van der Waals surface area contributed by atoms with Gasteiger partial charge in [-0.1, -0.05) is 0 Å². The Labute approximate surface area is 83.3 Å². The Bertz CT molecular complexity index is 300. The van der Waals surface area contributed by atoms with Gasteiger partial charge in [0.2, 0.25) is 0 Å². The van der Waals surface area contributed by atoms with Crippen LogP contribution in [0, 0.1) is 11.3 Å². The van der Waals surface area contributed by atoms with Gasteiger partial charge in [-0.05, 0) is 12.8 Å². The second-order valence-corrected chi connectivity index (χ2v) is 3.21. The SMILES string of the molecule is N#CC1CCCN1C(=O)C(F)(F)C(F)F. The van der Waals surface area contributed by atoms with Crippen molar-refractivity contribution in [1.29, 1.82) is 5.26 Å². The molecule has 0 saturated carbocycles. The maximum atomic E-state index is 12.7. The van der Waals surface area contributed by atoms with Crippen LogP contribution in [0.5, 0.6) is 0 Å². The Morgan fingerprint density at radius 1 is 1.53 bits per heavy atom. The molecule has 0 aromatic heterocycles. The molecule has 1 aliphatic rings. The maximum absolute atomic E-state index is 12.7. The molecule has 0 N–H and O–H groups in total. The normalized spacial score (nSPS) is 21.9. The van der Waals surface area contributed by atoms with Gasteiger partial charge in [0.25, 0.3) is 5.91 Å². The number of nitrogens with zero attached hydrogens (tertiary/aromatic N) is 2. The second kappa shape index (κ2) is 4.04. The van der Waals surface area contributed by atoms with Crippen LogP contribution in [0.25, 0.3) is 0 Å². The number of rotatable bonds is 2. The largest absolute Gasteiger partial charge is 0.383 e. The number of hydrogen-bond acceptors (Lipinski definition) is 2. The van der Waals surface area contributed by atoms with Crippen LogP contribution >= 0.6 is 0 Å². The molecular formula is C8H8F4N2O. The lowest BCUT2D eigenvalue weighted by Crippen LogP contribution is -2.49. The van der Waals surface area contributed by atoms with Crippen LogP contribution in [0.15, 0.2) is 0 Å². The molecule has 0 radical (unpaired) electrons. The molecule has 1 fully saturated rings. The summed E-state index contributed by atoms with van der Waals surface area (Å²) >= 11 is 0. The van der Waals surface area contributed by atoms with E-state index in [-0.39, 0.29) is 13.0 Å². The second-order valence-electron chi connectivity index (χ2n) is 3.21. The summed E-state index contributed by atoms with van der Waals surface area (Å²) < 4.78 is 49.0. The van der Waals surface area contributed by atoms with Gasteiger partial charge in [-0.2, -0.15) is 14.0 Å². The lowest BCUT2D eigenvalue weighted by Gasteiger charge is -2.24. The van der Waals surface area contributed by atoms with Crippen molar-refractivity contribution in [2.45, 2.75) is 31.2 Å². The summed E-state index contributed by atoms with van der Waals surface area (Å²) in [6.07, 6.45) is -3.41. The van der Waals surface area contributed by atoms with Crippen molar-refractivity contribution in [1.82, 2.24) is 4.90 Å². The van der Waals surface area contributed by atoms with Crippen LogP contribution in [0.1, 0.15) is 12.8 Å². The summed E-state index contributed by atoms with van der Waals surface area (Å²) in [7, 11) is 0. The summed E-state index contributed by atoms with van der Waals surface area (Å²) in [5.41, 5.74) is 0. The fourth-order valence-corrected chi connectivity index (χ4v) is 1.43. The van der Waals surface area contributed by atoms with E-state index in [9.17, 15) is 22.4 Å². The summed E-state index contributed by atoms with van der Waals surface area (Å²) in [4.78, 5) is 11.5. The van der Waals surface area contributed by atoms with Crippen molar-refractivity contribution >= 4 is 5.91 Å². The van der Waals surface area contributed by atoms with Crippen LogP contribution in [0.3, 0.4) is 0 Å². The zero-order valence-electron chi connectivity index (χ0n) is 7.59. The van der Waals surface area contributed by atoms with Gasteiger partial charge >= 0.3 is 12.3 Å². The average molecular weight is 224 g/mol. The van der Waals surface area contributed by atoms with Gasteiger partial charge in [0.15, 0.2) is 0 Å². The standard InChI is InChI=1S/C8H8F4N2O/c9-6(10)8(11,12)7(15)14-3-1-2-5(14)4-13/h5-6H,1-3H2. The Morgan fingerprint density at radius 2 is 2.13 bits per heavy atom. The number of hydrogen-bond donors (Lipinski definition) is 0. The smallest absolute Gasteiger partial charge is 0.321 e.